The average molecular weight is 482 g/mol. The van der Waals surface area contributed by atoms with Gasteiger partial charge >= 0.3 is 0 Å². The molecule has 34 heavy (non-hydrogen) atoms. The lowest BCUT2D eigenvalue weighted by molar-refractivity contribution is -0.117. The molecule has 3 aromatic rings. The van der Waals surface area contributed by atoms with Gasteiger partial charge in [-0.05, 0) is 68.3 Å². The fourth-order valence-electron chi connectivity index (χ4n) is 3.70. The Labute approximate surface area is 206 Å². The number of hydrogen-bond donors (Lipinski definition) is 1. The van der Waals surface area contributed by atoms with Crippen LogP contribution in [0.3, 0.4) is 0 Å². The van der Waals surface area contributed by atoms with Crippen LogP contribution in [0.2, 0.25) is 5.02 Å². The predicted octanol–water partition coefficient (Wildman–Crippen LogP) is 5.42. The van der Waals surface area contributed by atoms with Crippen LogP contribution in [0.25, 0.3) is 0 Å². The van der Waals surface area contributed by atoms with Gasteiger partial charge in [0.1, 0.15) is 17.8 Å². The molecule has 1 amide bonds. The highest BCUT2D eigenvalue weighted by Gasteiger charge is 2.25. The van der Waals surface area contributed by atoms with Crippen LogP contribution in [0, 0.1) is 6.92 Å². The smallest absolute Gasteiger partial charge is 0.209 e. The number of ether oxygens (including phenoxy) is 1. The lowest BCUT2D eigenvalue weighted by atomic mass is 9.94. The van der Waals surface area contributed by atoms with E-state index in [-0.39, 0.29) is 5.92 Å². The summed E-state index contributed by atoms with van der Waals surface area (Å²) in [7, 11) is 1.50. The standard InChI is InChI=1S/C20H21NO3.C6H6ClN.CH5N/c1-2-15-5-3-4-6-20(15)24-18-7-8-19(17(11-18)13-22)16-9-10-21(12-16)14-23;1-5-2-3-6(7)4-8-5;1-2/h3-8,11,13-14,16H,2,9-10,12H2,1H3;2-4H,1H3;2H2,1H3. The fourth-order valence-corrected chi connectivity index (χ4v) is 3.81. The predicted molar refractivity (Wildman–Crippen MR) is 137 cm³/mol. The van der Waals surface area contributed by atoms with Crippen molar-refractivity contribution in [2.45, 2.75) is 32.6 Å². The van der Waals surface area contributed by atoms with Crippen LogP contribution >= 0.6 is 11.6 Å². The number of hydrogen-bond acceptors (Lipinski definition) is 5. The molecule has 0 aliphatic carbocycles. The highest BCUT2D eigenvalue weighted by atomic mass is 35.5. The Hall–Kier alpha value is -3.22. The summed E-state index contributed by atoms with van der Waals surface area (Å²) in [5.41, 5.74) is 8.26. The Morgan fingerprint density at radius 2 is 1.91 bits per heavy atom. The van der Waals surface area contributed by atoms with E-state index in [0.717, 1.165) is 54.7 Å². The zero-order valence-corrected chi connectivity index (χ0v) is 20.7. The van der Waals surface area contributed by atoms with Gasteiger partial charge in [0.25, 0.3) is 0 Å². The first kappa shape index (κ1) is 27.0. The molecule has 2 heterocycles. The van der Waals surface area contributed by atoms with E-state index in [1.54, 1.807) is 17.2 Å². The summed E-state index contributed by atoms with van der Waals surface area (Å²) in [6.45, 7) is 5.43. The summed E-state index contributed by atoms with van der Waals surface area (Å²) in [5.74, 6) is 1.69. The number of benzene rings is 2. The van der Waals surface area contributed by atoms with Gasteiger partial charge in [-0.25, -0.2) is 0 Å². The highest BCUT2D eigenvalue weighted by molar-refractivity contribution is 6.30. The molecular weight excluding hydrogens is 450 g/mol. The second-order valence-corrected chi connectivity index (χ2v) is 8.11. The van der Waals surface area contributed by atoms with E-state index in [1.807, 2.05) is 55.5 Å². The lowest BCUT2D eigenvalue weighted by Crippen LogP contribution is -2.17. The first-order valence-corrected chi connectivity index (χ1v) is 11.6. The van der Waals surface area contributed by atoms with Crippen molar-refractivity contribution in [1.82, 2.24) is 9.88 Å². The van der Waals surface area contributed by atoms with E-state index >= 15 is 0 Å². The Bertz CT molecular complexity index is 1040. The molecular formula is C27H32ClN3O3. The van der Waals surface area contributed by atoms with Crippen LogP contribution in [0.4, 0.5) is 0 Å². The number of pyridine rings is 1. The maximum Gasteiger partial charge on any atom is 0.209 e. The van der Waals surface area contributed by atoms with Gasteiger partial charge in [0.05, 0.1) is 5.02 Å². The van der Waals surface area contributed by atoms with Crippen LogP contribution in [0.1, 0.15) is 46.4 Å². The van der Waals surface area contributed by atoms with E-state index in [4.69, 9.17) is 16.3 Å². The fraction of sp³-hybridized carbons (Fsp3) is 0.296. The van der Waals surface area contributed by atoms with Crippen molar-refractivity contribution < 1.29 is 14.3 Å². The Kier molecular flexibility index (Phi) is 11.2. The molecule has 0 spiro atoms. The van der Waals surface area contributed by atoms with Crippen molar-refractivity contribution in [1.29, 1.82) is 0 Å². The summed E-state index contributed by atoms with van der Waals surface area (Å²) in [6, 6.07) is 17.2. The number of nitrogens with zero attached hydrogens (tertiary/aromatic N) is 2. The Balaban J connectivity index is 0.000000343. The van der Waals surface area contributed by atoms with Crippen LogP contribution in [-0.2, 0) is 11.2 Å². The Morgan fingerprint density at radius 1 is 1.15 bits per heavy atom. The second-order valence-electron chi connectivity index (χ2n) is 7.68. The van der Waals surface area contributed by atoms with Gasteiger partial charge in [-0.1, -0.05) is 42.8 Å². The summed E-state index contributed by atoms with van der Waals surface area (Å²) in [6.07, 6.45) is 5.16. The maximum atomic E-state index is 11.5. The summed E-state index contributed by atoms with van der Waals surface area (Å²) < 4.78 is 5.98. The third-order valence-electron chi connectivity index (χ3n) is 5.45. The van der Waals surface area contributed by atoms with Crippen LogP contribution in [0.5, 0.6) is 11.5 Å². The third-order valence-corrected chi connectivity index (χ3v) is 5.67. The number of carbonyl (C=O) groups excluding carboxylic acids is 2. The maximum absolute atomic E-state index is 11.5. The number of nitrogens with two attached hydrogens (primary N) is 1. The van der Waals surface area contributed by atoms with Crippen molar-refractivity contribution >= 4 is 24.3 Å². The molecule has 0 bridgehead atoms. The van der Waals surface area contributed by atoms with Gasteiger partial charge in [-0.2, -0.15) is 0 Å². The minimum Gasteiger partial charge on any atom is -0.457 e. The number of rotatable bonds is 6. The summed E-state index contributed by atoms with van der Waals surface area (Å²) in [5, 5.41) is 0.690. The van der Waals surface area contributed by atoms with Gasteiger partial charge in [0, 0.05) is 36.5 Å². The van der Waals surface area contributed by atoms with E-state index in [1.165, 1.54) is 7.05 Å². The molecule has 1 atom stereocenters. The molecule has 0 radical (unpaired) electrons. The van der Waals surface area contributed by atoms with Crippen molar-refractivity contribution in [2.24, 2.45) is 5.73 Å². The largest absolute Gasteiger partial charge is 0.457 e. The van der Waals surface area contributed by atoms with Crippen LogP contribution < -0.4 is 10.5 Å². The number of halogens is 1. The van der Waals surface area contributed by atoms with Crippen molar-refractivity contribution in [3.05, 3.63) is 88.2 Å². The number of aldehydes is 1. The molecule has 2 N–H and O–H groups in total. The molecule has 1 aliphatic heterocycles. The SMILES string of the molecule is CCc1ccccc1Oc1ccc(C2CCN(C=O)C2)c(C=O)c1.CN.Cc1ccc(Cl)cn1. The Morgan fingerprint density at radius 3 is 2.50 bits per heavy atom. The molecule has 0 saturated carbocycles. The van der Waals surface area contributed by atoms with E-state index in [0.29, 0.717) is 22.9 Å². The number of aryl methyl sites for hydroxylation is 2. The topological polar surface area (TPSA) is 85.5 Å². The van der Waals surface area contributed by atoms with Gasteiger partial charge in [0.2, 0.25) is 6.41 Å². The van der Waals surface area contributed by atoms with Crippen molar-refractivity contribution in [3.63, 3.8) is 0 Å². The number of para-hydroxylation sites is 1. The molecule has 1 aliphatic rings. The molecule has 1 fully saturated rings. The molecule has 1 unspecified atom stereocenters. The molecule has 1 aromatic heterocycles. The van der Waals surface area contributed by atoms with Crippen LogP contribution in [-0.4, -0.2) is 42.7 Å². The molecule has 6 nitrogen and oxygen atoms in total. The van der Waals surface area contributed by atoms with Crippen molar-refractivity contribution in [3.8, 4) is 11.5 Å². The van der Waals surface area contributed by atoms with E-state index in [9.17, 15) is 9.59 Å². The zero-order valence-electron chi connectivity index (χ0n) is 19.9. The van der Waals surface area contributed by atoms with Crippen molar-refractivity contribution in [2.75, 3.05) is 20.1 Å². The quantitative estimate of drug-likeness (QED) is 0.475. The normalized spacial score (nSPS) is 14.3. The number of likely N-dealkylation sites (tertiary alicyclic amines) is 1. The number of aromatic nitrogens is 1. The molecule has 2 aromatic carbocycles. The summed E-state index contributed by atoms with van der Waals surface area (Å²) >= 11 is 5.55. The second kappa shape index (κ2) is 14.1. The molecule has 1 saturated heterocycles. The first-order chi connectivity index (χ1) is 16.5. The molecule has 4 rings (SSSR count). The van der Waals surface area contributed by atoms with E-state index < -0.39 is 0 Å². The monoisotopic (exact) mass is 481 g/mol. The van der Waals surface area contributed by atoms with Gasteiger partial charge in [0.15, 0.2) is 0 Å². The molecule has 180 valence electrons. The summed E-state index contributed by atoms with van der Waals surface area (Å²) in [4.78, 5) is 28.1. The minimum absolute atomic E-state index is 0.215. The number of amides is 1. The van der Waals surface area contributed by atoms with Gasteiger partial charge in [-0.15, -0.1) is 0 Å². The lowest BCUT2D eigenvalue weighted by Gasteiger charge is -2.15. The zero-order chi connectivity index (χ0) is 24.9. The minimum atomic E-state index is 0.215. The van der Waals surface area contributed by atoms with Gasteiger partial charge in [-0.3, -0.25) is 14.6 Å². The van der Waals surface area contributed by atoms with Crippen LogP contribution in [0.15, 0.2) is 60.8 Å². The average Bonchev–Trinajstić information content (AvgIpc) is 3.37. The number of carbonyl (C=O) groups is 2. The van der Waals surface area contributed by atoms with E-state index in [2.05, 4.69) is 17.6 Å². The van der Waals surface area contributed by atoms with Gasteiger partial charge < -0.3 is 15.4 Å². The highest BCUT2D eigenvalue weighted by Crippen LogP contribution is 2.32. The third kappa shape index (κ3) is 7.68. The molecule has 7 heteroatoms. The first-order valence-electron chi connectivity index (χ1n) is 11.2.